The van der Waals surface area contributed by atoms with E-state index in [0.29, 0.717) is 42.4 Å². The van der Waals surface area contributed by atoms with Gasteiger partial charge in [-0.2, -0.15) is 10.2 Å². The van der Waals surface area contributed by atoms with Crippen LogP contribution in [0.5, 0.6) is 0 Å². The first kappa shape index (κ1) is 19.4. The normalized spacial score (nSPS) is 16.1. The van der Waals surface area contributed by atoms with E-state index in [-0.39, 0.29) is 11.1 Å². The van der Waals surface area contributed by atoms with Gasteiger partial charge in [-0.15, -0.1) is 0 Å². The van der Waals surface area contributed by atoms with Crippen molar-refractivity contribution < 1.29 is 8.91 Å². The number of aromatic amines is 1. The molecule has 1 unspecified atom stereocenters. The number of H-pyrrole nitrogens is 1. The van der Waals surface area contributed by atoms with E-state index in [1.807, 2.05) is 18.2 Å². The third-order valence-corrected chi connectivity index (χ3v) is 5.63. The van der Waals surface area contributed by atoms with Gasteiger partial charge in [-0.05, 0) is 35.9 Å². The number of nitrogens with one attached hydrogen (secondary N) is 1. The summed E-state index contributed by atoms with van der Waals surface area (Å²) in [7, 11) is 0. The average Bonchev–Trinajstić information content (AvgIpc) is 3.44. The number of hydrogen-bond donors (Lipinski definition) is 1. The summed E-state index contributed by atoms with van der Waals surface area (Å²) in [5, 5.41) is 13.3. The summed E-state index contributed by atoms with van der Waals surface area (Å²) in [5.41, 5.74) is 4.19. The summed E-state index contributed by atoms with van der Waals surface area (Å²) in [6, 6.07) is 13.8. The van der Waals surface area contributed by atoms with Crippen LogP contribution in [0.4, 0.5) is 4.39 Å². The van der Waals surface area contributed by atoms with Gasteiger partial charge in [-0.1, -0.05) is 28.9 Å². The molecular formula is C22H16ClFN6O. The first-order chi connectivity index (χ1) is 15.1. The van der Waals surface area contributed by atoms with Crippen LogP contribution in [0.2, 0.25) is 5.02 Å². The first-order valence-electron chi connectivity index (χ1n) is 9.64. The van der Waals surface area contributed by atoms with Gasteiger partial charge in [0.05, 0.1) is 40.4 Å². The fraction of sp³-hybridized carbons (Fsp3) is 0.182. The van der Waals surface area contributed by atoms with E-state index >= 15 is 0 Å². The van der Waals surface area contributed by atoms with Crippen LogP contribution in [-0.2, 0) is 19.5 Å². The van der Waals surface area contributed by atoms with Crippen molar-refractivity contribution in [2.24, 2.45) is 0 Å². The fourth-order valence-corrected chi connectivity index (χ4v) is 3.97. The molecule has 1 atom stereocenters. The minimum absolute atomic E-state index is 0.00156. The van der Waals surface area contributed by atoms with Crippen molar-refractivity contribution >= 4 is 11.6 Å². The lowest BCUT2D eigenvalue weighted by molar-refractivity contribution is 0.128. The second kappa shape index (κ2) is 7.95. The highest BCUT2D eigenvalue weighted by molar-refractivity contribution is 6.31. The number of nitrogens with zero attached hydrogens (tertiary/aromatic N) is 5. The van der Waals surface area contributed by atoms with Crippen molar-refractivity contribution in [3.8, 4) is 17.5 Å². The molecule has 0 radical (unpaired) electrons. The van der Waals surface area contributed by atoms with E-state index < -0.39 is 5.82 Å². The highest BCUT2D eigenvalue weighted by Gasteiger charge is 2.33. The lowest BCUT2D eigenvalue weighted by Gasteiger charge is -2.32. The molecule has 154 valence electrons. The van der Waals surface area contributed by atoms with Gasteiger partial charge in [0.25, 0.3) is 0 Å². The molecule has 0 bridgehead atoms. The Kier molecular flexibility index (Phi) is 4.98. The molecule has 1 N–H and O–H groups in total. The monoisotopic (exact) mass is 434 g/mol. The zero-order valence-electron chi connectivity index (χ0n) is 16.2. The molecule has 1 aliphatic heterocycles. The summed E-state index contributed by atoms with van der Waals surface area (Å²) in [6.45, 7) is 1.22. The molecular weight excluding hydrogens is 419 g/mol. The van der Waals surface area contributed by atoms with Crippen molar-refractivity contribution in [1.29, 1.82) is 5.26 Å². The summed E-state index contributed by atoms with van der Waals surface area (Å²) in [5.74, 6) is 0.287. The number of fused-ring (bicyclic) bond motifs is 1. The summed E-state index contributed by atoms with van der Waals surface area (Å²) in [6.07, 6.45) is 2.28. The number of benzene rings is 2. The highest BCUT2D eigenvalue weighted by Crippen LogP contribution is 2.33. The maximum atomic E-state index is 13.5. The number of aromatic nitrogens is 4. The second-order valence-electron chi connectivity index (χ2n) is 7.35. The van der Waals surface area contributed by atoms with E-state index in [4.69, 9.17) is 16.1 Å². The van der Waals surface area contributed by atoms with Gasteiger partial charge in [-0.25, -0.2) is 9.37 Å². The van der Waals surface area contributed by atoms with Gasteiger partial charge in [0.15, 0.2) is 0 Å². The fourth-order valence-electron chi connectivity index (χ4n) is 3.79. The molecule has 5 rings (SSSR count). The van der Waals surface area contributed by atoms with Crippen molar-refractivity contribution in [2.75, 3.05) is 0 Å². The Labute approximate surface area is 182 Å². The molecule has 3 heterocycles. The number of imidazole rings is 1. The Balaban J connectivity index is 1.47. The second-order valence-corrected chi connectivity index (χ2v) is 7.76. The molecule has 0 saturated heterocycles. The van der Waals surface area contributed by atoms with E-state index in [0.717, 1.165) is 17.0 Å². The number of rotatable bonds is 4. The Morgan fingerprint density at radius 3 is 3.03 bits per heavy atom. The molecule has 0 saturated carbocycles. The smallest absolute Gasteiger partial charge is 0.244 e. The molecule has 2 aromatic heterocycles. The van der Waals surface area contributed by atoms with Crippen molar-refractivity contribution in [1.82, 2.24) is 25.0 Å². The average molecular weight is 435 g/mol. The van der Waals surface area contributed by atoms with Crippen LogP contribution in [0, 0.1) is 17.1 Å². The van der Waals surface area contributed by atoms with Crippen LogP contribution in [0.3, 0.4) is 0 Å². The molecule has 0 amide bonds. The predicted octanol–water partition coefficient (Wildman–Crippen LogP) is 4.42. The Hall–Kier alpha value is -3.54. The van der Waals surface area contributed by atoms with Crippen molar-refractivity contribution in [3.05, 3.63) is 88.0 Å². The zero-order chi connectivity index (χ0) is 21.4. The minimum atomic E-state index is -0.502. The van der Waals surface area contributed by atoms with Crippen LogP contribution in [0.1, 0.15) is 34.4 Å². The van der Waals surface area contributed by atoms with Gasteiger partial charge in [0.1, 0.15) is 5.82 Å². The Bertz CT molecular complexity index is 1290. The summed E-state index contributed by atoms with van der Waals surface area (Å²) >= 11 is 5.90. The minimum Gasteiger partial charge on any atom is -0.347 e. The molecule has 0 fully saturated rings. The lowest BCUT2D eigenvalue weighted by Crippen LogP contribution is -2.34. The standard InChI is InChI=1S/C22H16ClFN6O/c23-16-7-15(4-5-17(16)24)21-28-22(31-29-21)20-8-18-19(27-12-26-18)11-30(20)10-14-3-1-2-13(6-14)9-25/h1-7,12,20H,8,10-11H2,(H,26,27). The maximum absolute atomic E-state index is 13.5. The third kappa shape index (κ3) is 3.81. The Morgan fingerprint density at radius 2 is 2.19 bits per heavy atom. The van der Waals surface area contributed by atoms with E-state index in [2.05, 4.69) is 31.1 Å². The molecule has 0 aliphatic carbocycles. The van der Waals surface area contributed by atoms with E-state index in [1.54, 1.807) is 18.5 Å². The lowest BCUT2D eigenvalue weighted by atomic mass is 10.0. The highest BCUT2D eigenvalue weighted by atomic mass is 35.5. The van der Waals surface area contributed by atoms with Crippen LogP contribution in [0.15, 0.2) is 53.3 Å². The van der Waals surface area contributed by atoms with Gasteiger partial charge in [-0.3, -0.25) is 4.90 Å². The summed E-state index contributed by atoms with van der Waals surface area (Å²) in [4.78, 5) is 14.4. The molecule has 31 heavy (non-hydrogen) atoms. The maximum Gasteiger partial charge on any atom is 0.244 e. The van der Waals surface area contributed by atoms with Crippen molar-refractivity contribution in [3.63, 3.8) is 0 Å². The number of nitriles is 1. The number of halogens is 2. The van der Waals surface area contributed by atoms with Gasteiger partial charge in [0, 0.05) is 25.1 Å². The van der Waals surface area contributed by atoms with Crippen molar-refractivity contribution in [2.45, 2.75) is 25.6 Å². The SMILES string of the molecule is N#Cc1cccc(CN2Cc3[nH]cnc3CC2c2nc(-c3ccc(F)c(Cl)c3)no2)c1. The van der Waals surface area contributed by atoms with Gasteiger partial charge in [0.2, 0.25) is 11.7 Å². The van der Waals surface area contributed by atoms with Gasteiger partial charge < -0.3 is 9.51 Å². The molecule has 4 aromatic rings. The molecule has 9 heteroatoms. The largest absolute Gasteiger partial charge is 0.347 e. The van der Waals surface area contributed by atoms with Crippen LogP contribution >= 0.6 is 11.6 Å². The van der Waals surface area contributed by atoms with Crippen LogP contribution < -0.4 is 0 Å². The third-order valence-electron chi connectivity index (χ3n) is 5.34. The first-order valence-corrected chi connectivity index (χ1v) is 10.0. The van der Waals surface area contributed by atoms with E-state index in [9.17, 15) is 9.65 Å². The van der Waals surface area contributed by atoms with Crippen LogP contribution in [0.25, 0.3) is 11.4 Å². The molecule has 0 spiro atoms. The molecule has 7 nitrogen and oxygen atoms in total. The summed E-state index contributed by atoms with van der Waals surface area (Å²) < 4.78 is 19.1. The molecule has 2 aromatic carbocycles. The van der Waals surface area contributed by atoms with Gasteiger partial charge >= 0.3 is 0 Å². The quantitative estimate of drug-likeness (QED) is 0.510. The topological polar surface area (TPSA) is 94.6 Å². The zero-order valence-corrected chi connectivity index (χ0v) is 17.0. The predicted molar refractivity (Wildman–Crippen MR) is 110 cm³/mol. The number of hydrogen-bond acceptors (Lipinski definition) is 6. The Morgan fingerprint density at radius 1 is 1.29 bits per heavy atom. The molecule has 1 aliphatic rings. The van der Waals surface area contributed by atoms with E-state index in [1.165, 1.54) is 12.1 Å². The van der Waals surface area contributed by atoms with Crippen LogP contribution in [-0.4, -0.2) is 25.0 Å².